The largest absolute Gasteiger partial charge is 0.389 e. The highest BCUT2D eigenvalue weighted by atomic mass is 16.5. The van der Waals surface area contributed by atoms with E-state index in [0.29, 0.717) is 33.0 Å². The summed E-state index contributed by atoms with van der Waals surface area (Å²) < 4.78 is 18.3. The van der Waals surface area contributed by atoms with Crippen molar-refractivity contribution in [1.29, 1.82) is 0 Å². The molecule has 0 aromatic carbocycles. The maximum Gasteiger partial charge on any atom is 0.0776 e. The van der Waals surface area contributed by atoms with E-state index in [1.807, 2.05) is 23.0 Å². The highest BCUT2D eigenvalue weighted by Gasteiger charge is 2.02. The van der Waals surface area contributed by atoms with Crippen LogP contribution in [-0.2, 0) is 20.8 Å². The SMILES string of the molecule is CCCCOCCOCCOCCn1ccc(C(C)O)c1. The standard InChI is InChI=1S/C16H29NO4/c1-3-4-8-19-10-12-21-13-11-20-9-7-17-6-5-16(14-17)15(2)18/h5-6,14-15,18H,3-4,7-13H2,1-2H3. The fraction of sp³-hybridized carbons (Fsp3) is 0.750. The van der Waals surface area contributed by atoms with E-state index in [-0.39, 0.29) is 0 Å². The minimum Gasteiger partial charge on any atom is -0.389 e. The third-order valence-corrected chi connectivity index (χ3v) is 3.14. The van der Waals surface area contributed by atoms with Gasteiger partial charge in [0.2, 0.25) is 0 Å². The molecule has 1 rings (SSSR count). The Morgan fingerprint density at radius 3 is 2.24 bits per heavy atom. The maximum atomic E-state index is 9.43. The molecule has 0 aliphatic rings. The Hall–Kier alpha value is -0.880. The summed E-state index contributed by atoms with van der Waals surface area (Å²) in [6.45, 7) is 8.64. The van der Waals surface area contributed by atoms with Crippen molar-refractivity contribution in [1.82, 2.24) is 4.57 Å². The number of unbranched alkanes of at least 4 members (excludes halogenated alkanes) is 1. The van der Waals surface area contributed by atoms with E-state index in [1.165, 1.54) is 0 Å². The molecule has 0 aliphatic heterocycles. The summed E-state index contributed by atoms with van der Waals surface area (Å²) in [5, 5.41) is 9.43. The number of ether oxygens (including phenoxy) is 3. The van der Waals surface area contributed by atoms with Gasteiger partial charge in [-0.05, 0) is 25.0 Å². The molecular formula is C16H29NO4. The van der Waals surface area contributed by atoms with Crippen molar-refractivity contribution in [2.24, 2.45) is 0 Å². The van der Waals surface area contributed by atoms with Crippen molar-refractivity contribution in [2.45, 2.75) is 39.3 Å². The molecular weight excluding hydrogens is 270 g/mol. The van der Waals surface area contributed by atoms with Crippen LogP contribution in [0.15, 0.2) is 18.5 Å². The van der Waals surface area contributed by atoms with Gasteiger partial charge in [0.15, 0.2) is 0 Å². The van der Waals surface area contributed by atoms with Crippen LogP contribution in [0.2, 0.25) is 0 Å². The molecule has 0 spiro atoms. The number of hydrogen-bond acceptors (Lipinski definition) is 4. The summed E-state index contributed by atoms with van der Waals surface area (Å²) in [6.07, 6.45) is 5.75. The summed E-state index contributed by atoms with van der Waals surface area (Å²) in [6, 6.07) is 1.92. The molecule has 1 aromatic rings. The lowest BCUT2D eigenvalue weighted by molar-refractivity contribution is 0.0127. The lowest BCUT2D eigenvalue weighted by atomic mass is 10.2. The second kappa shape index (κ2) is 11.7. The van der Waals surface area contributed by atoms with Crippen LogP contribution in [0, 0.1) is 0 Å². The van der Waals surface area contributed by atoms with Gasteiger partial charge < -0.3 is 23.9 Å². The fourth-order valence-electron chi connectivity index (χ4n) is 1.80. The molecule has 1 N–H and O–H groups in total. The first-order chi connectivity index (χ1) is 10.2. The van der Waals surface area contributed by atoms with Crippen LogP contribution in [0.5, 0.6) is 0 Å². The van der Waals surface area contributed by atoms with Crippen molar-refractivity contribution >= 4 is 0 Å². The van der Waals surface area contributed by atoms with Gasteiger partial charge in [-0.1, -0.05) is 13.3 Å². The Bertz CT molecular complexity index is 352. The van der Waals surface area contributed by atoms with Crippen molar-refractivity contribution in [3.8, 4) is 0 Å². The Kier molecular flexibility index (Phi) is 10.2. The first-order valence-electron chi connectivity index (χ1n) is 7.81. The molecule has 1 heterocycles. The lowest BCUT2D eigenvalue weighted by Crippen LogP contribution is -2.12. The van der Waals surface area contributed by atoms with Gasteiger partial charge in [-0.2, -0.15) is 0 Å². The Morgan fingerprint density at radius 2 is 1.67 bits per heavy atom. The van der Waals surface area contributed by atoms with Crippen LogP contribution in [0.25, 0.3) is 0 Å². The predicted molar refractivity (Wildman–Crippen MR) is 82.4 cm³/mol. The number of hydrogen-bond donors (Lipinski definition) is 1. The van der Waals surface area contributed by atoms with Gasteiger partial charge in [0.05, 0.1) is 39.1 Å². The van der Waals surface area contributed by atoms with Crippen LogP contribution in [0.4, 0.5) is 0 Å². The molecule has 0 amide bonds. The molecule has 0 radical (unpaired) electrons. The Labute approximate surface area is 127 Å². The van der Waals surface area contributed by atoms with Crippen LogP contribution in [-0.4, -0.2) is 49.3 Å². The van der Waals surface area contributed by atoms with Gasteiger partial charge in [-0.15, -0.1) is 0 Å². The highest BCUT2D eigenvalue weighted by Crippen LogP contribution is 2.11. The monoisotopic (exact) mass is 299 g/mol. The van der Waals surface area contributed by atoms with Gasteiger partial charge in [0.1, 0.15) is 0 Å². The summed E-state index contributed by atoms with van der Waals surface area (Å²) >= 11 is 0. The first kappa shape index (κ1) is 18.2. The van der Waals surface area contributed by atoms with E-state index in [4.69, 9.17) is 14.2 Å². The smallest absolute Gasteiger partial charge is 0.0776 e. The quantitative estimate of drug-likeness (QED) is 0.568. The van der Waals surface area contributed by atoms with Gasteiger partial charge in [-0.25, -0.2) is 0 Å². The van der Waals surface area contributed by atoms with Crippen LogP contribution < -0.4 is 0 Å². The third-order valence-electron chi connectivity index (χ3n) is 3.14. The second-order valence-electron chi connectivity index (χ2n) is 5.05. The van der Waals surface area contributed by atoms with E-state index in [9.17, 15) is 5.11 Å². The van der Waals surface area contributed by atoms with E-state index < -0.39 is 6.10 Å². The van der Waals surface area contributed by atoms with Crippen molar-refractivity contribution in [2.75, 3.05) is 39.6 Å². The molecule has 1 atom stereocenters. The molecule has 0 aliphatic carbocycles. The van der Waals surface area contributed by atoms with Gasteiger partial charge in [0.25, 0.3) is 0 Å². The van der Waals surface area contributed by atoms with Crippen molar-refractivity contribution in [3.63, 3.8) is 0 Å². The summed E-state index contributed by atoms with van der Waals surface area (Å²) in [5.74, 6) is 0. The molecule has 0 bridgehead atoms. The van der Waals surface area contributed by atoms with Gasteiger partial charge >= 0.3 is 0 Å². The molecule has 0 saturated heterocycles. The predicted octanol–water partition coefficient (Wildman–Crippen LogP) is 2.39. The van der Waals surface area contributed by atoms with Crippen LogP contribution in [0.3, 0.4) is 0 Å². The average Bonchev–Trinajstić information content (AvgIpc) is 2.94. The summed E-state index contributed by atoms with van der Waals surface area (Å²) in [5.41, 5.74) is 0.932. The number of nitrogens with zero attached hydrogens (tertiary/aromatic N) is 1. The molecule has 0 fully saturated rings. The number of aliphatic hydroxyl groups is 1. The minimum absolute atomic E-state index is 0.417. The minimum atomic E-state index is -0.417. The average molecular weight is 299 g/mol. The maximum absolute atomic E-state index is 9.43. The van der Waals surface area contributed by atoms with Gasteiger partial charge in [-0.3, -0.25) is 0 Å². The molecule has 1 unspecified atom stereocenters. The van der Waals surface area contributed by atoms with Crippen LogP contribution >= 0.6 is 0 Å². The second-order valence-corrected chi connectivity index (χ2v) is 5.05. The number of aliphatic hydroxyl groups excluding tert-OH is 1. The third kappa shape index (κ3) is 8.88. The number of aromatic nitrogens is 1. The molecule has 0 saturated carbocycles. The van der Waals surface area contributed by atoms with E-state index in [1.54, 1.807) is 6.92 Å². The first-order valence-corrected chi connectivity index (χ1v) is 7.81. The Balaban J connectivity index is 1.88. The molecule has 1 aromatic heterocycles. The molecule has 122 valence electrons. The van der Waals surface area contributed by atoms with Gasteiger partial charge in [0, 0.05) is 25.5 Å². The normalized spacial score (nSPS) is 12.7. The van der Waals surface area contributed by atoms with Crippen molar-refractivity contribution in [3.05, 3.63) is 24.0 Å². The topological polar surface area (TPSA) is 52.9 Å². The van der Waals surface area contributed by atoms with E-state index >= 15 is 0 Å². The molecule has 5 nitrogen and oxygen atoms in total. The Morgan fingerprint density at radius 1 is 1.05 bits per heavy atom. The zero-order valence-corrected chi connectivity index (χ0v) is 13.3. The lowest BCUT2D eigenvalue weighted by Gasteiger charge is -2.07. The highest BCUT2D eigenvalue weighted by molar-refractivity contribution is 5.12. The van der Waals surface area contributed by atoms with E-state index in [0.717, 1.165) is 31.6 Å². The fourth-order valence-corrected chi connectivity index (χ4v) is 1.80. The number of rotatable bonds is 13. The molecule has 5 heteroatoms. The zero-order chi connectivity index (χ0) is 15.3. The zero-order valence-electron chi connectivity index (χ0n) is 13.3. The van der Waals surface area contributed by atoms with E-state index in [2.05, 4.69) is 6.92 Å². The summed E-state index contributed by atoms with van der Waals surface area (Å²) in [7, 11) is 0. The van der Waals surface area contributed by atoms with Crippen molar-refractivity contribution < 1.29 is 19.3 Å². The molecule has 21 heavy (non-hydrogen) atoms. The summed E-state index contributed by atoms with van der Waals surface area (Å²) in [4.78, 5) is 0. The van der Waals surface area contributed by atoms with Crippen LogP contribution in [0.1, 0.15) is 38.4 Å².